The van der Waals surface area contributed by atoms with Crippen LogP contribution in [-0.4, -0.2) is 35.6 Å². The van der Waals surface area contributed by atoms with Gasteiger partial charge in [-0.1, -0.05) is 37.8 Å². The molecule has 0 aliphatic rings. The second-order valence-corrected chi connectivity index (χ2v) is 3.22. The minimum atomic E-state index is -0.842. The smallest absolute Gasteiger partial charge is 0.325 e. The molecule has 0 spiro atoms. The summed E-state index contributed by atoms with van der Waals surface area (Å²) in [7, 11) is 1.79. The van der Waals surface area contributed by atoms with Crippen LogP contribution in [0.15, 0.2) is 36.5 Å². The van der Waals surface area contributed by atoms with Gasteiger partial charge in [-0.2, -0.15) is 0 Å². The van der Waals surface area contributed by atoms with Crippen LogP contribution in [0.1, 0.15) is 13.8 Å². The molecule has 0 saturated carbocycles. The Hall–Kier alpha value is -1.35. The van der Waals surface area contributed by atoms with Gasteiger partial charge in [-0.05, 0) is 26.1 Å². The van der Waals surface area contributed by atoms with Crippen molar-refractivity contribution in [3.8, 4) is 0 Å². The molecule has 0 aromatic carbocycles. The Kier molecular flexibility index (Phi) is 6.38. The molecule has 3 heteroatoms. The summed E-state index contributed by atoms with van der Waals surface area (Å²) in [6, 6.07) is -0.607. The Morgan fingerprint density at radius 2 is 2.20 bits per heavy atom. The molecule has 84 valence electrons. The minimum absolute atomic E-state index is 0.607. The molecular weight excluding hydrogens is 190 g/mol. The lowest BCUT2D eigenvalue weighted by molar-refractivity contribution is -0.141. The number of carboxylic acid groups (broad SMARTS) is 1. The fourth-order valence-corrected chi connectivity index (χ4v) is 1.33. The Morgan fingerprint density at radius 1 is 1.60 bits per heavy atom. The zero-order chi connectivity index (χ0) is 11.8. The van der Waals surface area contributed by atoms with Gasteiger partial charge >= 0.3 is 5.97 Å². The lowest BCUT2D eigenvalue weighted by atomic mass is 10.0. The van der Waals surface area contributed by atoms with Crippen LogP contribution in [0, 0.1) is 0 Å². The van der Waals surface area contributed by atoms with Crippen LogP contribution in [0.4, 0.5) is 0 Å². The molecule has 3 nitrogen and oxygen atoms in total. The van der Waals surface area contributed by atoms with Crippen LogP contribution < -0.4 is 0 Å². The Balaban J connectivity index is 5.09. The number of likely N-dealkylation sites (N-methyl/N-ethyl adjacent to an activating group) is 1. The summed E-state index contributed by atoms with van der Waals surface area (Å²) >= 11 is 0. The Bertz CT molecular complexity index is 279. The van der Waals surface area contributed by atoms with E-state index in [0.29, 0.717) is 6.54 Å². The lowest BCUT2D eigenvalue weighted by Gasteiger charge is -2.23. The van der Waals surface area contributed by atoms with E-state index < -0.39 is 12.0 Å². The summed E-state index contributed by atoms with van der Waals surface area (Å²) in [5.41, 5.74) is 0.740. The van der Waals surface area contributed by atoms with Gasteiger partial charge in [0.15, 0.2) is 0 Å². The van der Waals surface area contributed by atoms with E-state index in [1.54, 1.807) is 30.2 Å². The highest BCUT2D eigenvalue weighted by Gasteiger charge is 2.23. The van der Waals surface area contributed by atoms with Crippen molar-refractivity contribution in [1.82, 2.24) is 4.90 Å². The van der Waals surface area contributed by atoms with E-state index in [0.717, 1.165) is 5.57 Å². The van der Waals surface area contributed by atoms with Gasteiger partial charge in [0.2, 0.25) is 0 Å². The highest BCUT2D eigenvalue weighted by molar-refractivity contribution is 5.78. The molecule has 1 unspecified atom stereocenters. The molecule has 0 amide bonds. The SMILES string of the molecule is C=CC=C(C=CC)C(C(=O)O)N(C)CC. The number of rotatable bonds is 6. The van der Waals surface area contributed by atoms with E-state index in [9.17, 15) is 4.79 Å². The monoisotopic (exact) mass is 209 g/mol. The number of carboxylic acids is 1. The van der Waals surface area contributed by atoms with Gasteiger partial charge in [0.1, 0.15) is 6.04 Å². The van der Waals surface area contributed by atoms with E-state index in [4.69, 9.17) is 5.11 Å². The quantitative estimate of drug-likeness (QED) is 0.681. The Labute approximate surface area is 91.4 Å². The topological polar surface area (TPSA) is 40.5 Å². The molecule has 1 atom stereocenters. The molecule has 0 fully saturated rings. The third-order valence-electron chi connectivity index (χ3n) is 2.16. The normalized spacial score (nSPS) is 14.5. The van der Waals surface area contributed by atoms with Gasteiger partial charge < -0.3 is 5.11 Å². The minimum Gasteiger partial charge on any atom is -0.480 e. The van der Waals surface area contributed by atoms with Crippen molar-refractivity contribution < 1.29 is 9.90 Å². The molecule has 0 bridgehead atoms. The fourth-order valence-electron chi connectivity index (χ4n) is 1.33. The number of allylic oxidation sites excluding steroid dienone is 3. The van der Waals surface area contributed by atoms with Crippen molar-refractivity contribution in [2.75, 3.05) is 13.6 Å². The summed E-state index contributed by atoms with van der Waals surface area (Å²) in [6.45, 7) is 8.06. The number of hydrogen-bond donors (Lipinski definition) is 1. The summed E-state index contributed by atoms with van der Waals surface area (Å²) in [5.74, 6) is -0.842. The molecule has 0 radical (unpaired) electrons. The average molecular weight is 209 g/mol. The molecule has 0 rings (SSSR count). The van der Waals surface area contributed by atoms with Crippen molar-refractivity contribution >= 4 is 5.97 Å². The zero-order valence-electron chi connectivity index (χ0n) is 9.60. The molecule has 0 aliphatic carbocycles. The average Bonchev–Trinajstić information content (AvgIpc) is 2.18. The summed E-state index contributed by atoms with van der Waals surface area (Å²) in [5, 5.41) is 9.15. The predicted octanol–water partition coefficient (Wildman–Crippen LogP) is 2.08. The molecule has 1 N–H and O–H groups in total. The van der Waals surface area contributed by atoms with Crippen LogP contribution in [0.2, 0.25) is 0 Å². The fraction of sp³-hybridized carbons (Fsp3) is 0.417. The third-order valence-corrected chi connectivity index (χ3v) is 2.16. The van der Waals surface area contributed by atoms with Gasteiger partial charge in [0.25, 0.3) is 0 Å². The first-order chi connectivity index (χ1) is 7.08. The van der Waals surface area contributed by atoms with Gasteiger partial charge in [-0.15, -0.1) is 0 Å². The first kappa shape index (κ1) is 13.7. The first-order valence-corrected chi connectivity index (χ1v) is 4.96. The largest absolute Gasteiger partial charge is 0.480 e. The van der Waals surface area contributed by atoms with Gasteiger partial charge in [-0.25, -0.2) is 0 Å². The third kappa shape index (κ3) is 4.13. The zero-order valence-corrected chi connectivity index (χ0v) is 9.60. The summed E-state index contributed by atoms with van der Waals surface area (Å²) in [4.78, 5) is 12.9. The molecule has 0 aliphatic heterocycles. The number of aliphatic carboxylic acids is 1. The van der Waals surface area contributed by atoms with Crippen molar-refractivity contribution in [2.45, 2.75) is 19.9 Å². The summed E-state index contributed by atoms with van der Waals surface area (Å²) in [6.07, 6.45) is 6.96. The van der Waals surface area contributed by atoms with E-state index in [2.05, 4.69) is 6.58 Å². The van der Waals surface area contributed by atoms with E-state index in [1.807, 2.05) is 19.9 Å². The number of carbonyl (C=O) groups is 1. The number of nitrogens with zero attached hydrogens (tertiary/aromatic N) is 1. The predicted molar refractivity (Wildman–Crippen MR) is 62.8 cm³/mol. The molecule has 0 aromatic heterocycles. The molecular formula is C12H19NO2. The van der Waals surface area contributed by atoms with Crippen LogP contribution in [0.3, 0.4) is 0 Å². The molecule has 15 heavy (non-hydrogen) atoms. The maximum absolute atomic E-state index is 11.1. The van der Waals surface area contributed by atoms with E-state index in [1.165, 1.54) is 0 Å². The van der Waals surface area contributed by atoms with Gasteiger partial charge in [-0.3, -0.25) is 9.69 Å². The molecule has 0 aromatic rings. The van der Waals surface area contributed by atoms with E-state index in [-0.39, 0.29) is 0 Å². The summed E-state index contributed by atoms with van der Waals surface area (Å²) < 4.78 is 0. The number of hydrogen-bond acceptors (Lipinski definition) is 2. The molecule has 0 heterocycles. The van der Waals surface area contributed by atoms with Crippen molar-refractivity contribution in [2.24, 2.45) is 0 Å². The first-order valence-electron chi connectivity index (χ1n) is 4.96. The highest BCUT2D eigenvalue weighted by atomic mass is 16.4. The van der Waals surface area contributed by atoms with Gasteiger partial charge in [0, 0.05) is 0 Å². The maximum Gasteiger partial charge on any atom is 0.325 e. The van der Waals surface area contributed by atoms with Crippen molar-refractivity contribution in [3.05, 3.63) is 36.5 Å². The second-order valence-electron chi connectivity index (χ2n) is 3.22. The highest BCUT2D eigenvalue weighted by Crippen LogP contribution is 2.11. The van der Waals surface area contributed by atoms with Crippen molar-refractivity contribution in [1.29, 1.82) is 0 Å². The maximum atomic E-state index is 11.1. The van der Waals surface area contributed by atoms with E-state index >= 15 is 0 Å². The second kappa shape index (κ2) is 7.01. The van der Waals surface area contributed by atoms with Crippen LogP contribution >= 0.6 is 0 Å². The van der Waals surface area contributed by atoms with Crippen molar-refractivity contribution in [3.63, 3.8) is 0 Å². The molecule has 0 saturated heterocycles. The van der Waals surface area contributed by atoms with Crippen LogP contribution in [-0.2, 0) is 4.79 Å². The lowest BCUT2D eigenvalue weighted by Crippen LogP contribution is -2.39. The Morgan fingerprint density at radius 3 is 2.53 bits per heavy atom. The van der Waals surface area contributed by atoms with Crippen LogP contribution in [0.5, 0.6) is 0 Å². The van der Waals surface area contributed by atoms with Gasteiger partial charge in [0.05, 0.1) is 0 Å². The van der Waals surface area contributed by atoms with Crippen LogP contribution in [0.25, 0.3) is 0 Å². The standard InChI is InChI=1S/C12H19NO2/c1-5-8-10(9-6-2)11(12(14)15)13(4)7-3/h5-6,8-9,11H,1,7H2,2-4H3,(H,14,15).